The van der Waals surface area contributed by atoms with Gasteiger partial charge in [-0.1, -0.05) is 42.9 Å². The molecule has 2 aromatic rings. The van der Waals surface area contributed by atoms with Crippen LogP contribution in [-0.4, -0.2) is 23.9 Å². The molecule has 0 saturated heterocycles. The van der Waals surface area contributed by atoms with E-state index in [9.17, 15) is 9.59 Å². The number of rotatable bonds is 5. The van der Waals surface area contributed by atoms with E-state index >= 15 is 0 Å². The number of nitrogens with one attached hydrogen (secondary N) is 2. The Morgan fingerprint density at radius 2 is 1.72 bits per heavy atom. The van der Waals surface area contributed by atoms with E-state index in [0.29, 0.717) is 11.6 Å². The SMILES string of the molecule is CC(=O)NC(C)Cc1ccc(C#Cc2cccc(C(=O)NC3CCCC3)c2)cc1. The van der Waals surface area contributed by atoms with Gasteiger partial charge in [-0.2, -0.15) is 0 Å². The quantitative estimate of drug-likeness (QED) is 0.765. The minimum absolute atomic E-state index is 0.0147. The molecule has 0 spiro atoms. The fourth-order valence-corrected chi connectivity index (χ4v) is 3.70. The van der Waals surface area contributed by atoms with E-state index in [1.54, 1.807) is 0 Å². The van der Waals surface area contributed by atoms with Gasteiger partial charge in [0.05, 0.1) is 0 Å². The highest BCUT2D eigenvalue weighted by molar-refractivity contribution is 5.94. The minimum Gasteiger partial charge on any atom is -0.354 e. The highest BCUT2D eigenvalue weighted by Gasteiger charge is 2.17. The summed E-state index contributed by atoms with van der Waals surface area (Å²) < 4.78 is 0. The van der Waals surface area contributed by atoms with Crippen LogP contribution in [0.25, 0.3) is 0 Å². The van der Waals surface area contributed by atoms with Crippen molar-refractivity contribution in [1.29, 1.82) is 0 Å². The normalized spacial score (nSPS) is 14.6. The van der Waals surface area contributed by atoms with Gasteiger partial charge in [0, 0.05) is 35.7 Å². The van der Waals surface area contributed by atoms with Gasteiger partial charge in [-0.05, 0) is 62.1 Å². The second kappa shape index (κ2) is 9.93. The lowest BCUT2D eigenvalue weighted by molar-refractivity contribution is -0.119. The van der Waals surface area contributed by atoms with Gasteiger partial charge in [0.1, 0.15) is 0 Å². The van der Waals surface area contributed by atoms with Crippen molar-refractivity contribution < 1.29 is 9.59 Å². The number of carbonyl (C=O) groups is 2. The van der Waals surface area contributed by atoms with Crippen LogP contribution in [0, 0.1) is 11.8 Å². The first-order valence-corrected chi connectivity index (χ1v) is 10.3. The lowest BCUT2D eigenvalue weighted by Gasteiger charge is -2.12. The number of benzene rings is 2. The second-order valence-electron chi connectivity index (χ2n) is 7.79. The van der Waals surface area contributed by atoms with E-state index in [4.69, 9.17) is 0 Å². The summed E-state index contributed by atoms with van der Waals surface area (Å²) in [5.41, 5.74) is 3.56. The molecule has 1 atom stereocenters. The van der Waals surface area contributed by atoms with Crippen LogP contribution < -0.4 is 10.6 Å². The molecule has 0 aromatic heterocycles. The molecule has 3 rings (SSSR count). The second-order valence-corrected chi connectivity index (χ2v) is 7.79. The Bertz CT molecular complexity index is 916. The standard InChI is InChI=1S/C25H28N2O2/c1-18(26-19(2)28)16-22-14-11-20(12-15-22)10-13-21-6-5-7-23(17-21)25(29)27-24-8-3-4-9-24/h5-7,11-12,14-15,17-18,24H,3-4,8-9,16H2,1-2H3,(H,26,28)(H,27,29). The van der Waals surface area contributed by atoms with Crippen molar-refractivity contribution in [3.8, 4) is 11.8 Å². The Morgan fingerprint density at radius 1 is 1.03 bits per heavy atom. The molecular formula is C25H28N2O2. The molecule has 1 aliphatic rings. The summed E-state index contributed by atoms with van der Waals surface area (Å²) in [5, 5.41) is 6.01. The number of hydrogen-bond donors (Lipinski definition) is 2. The molecule has 0 aliphatic heterocycles. The van der Waals surface area contributed by atoms with Crippen LogP contribution in [0.4, 0.5) is 0 Å². The van der Waals surface area contributed by atoms with Gasteiger partial charge in [0.25, 0.3) is 5.91 Å². The van der Waals surface area contributed by atoms with Crippen molar-refractivity contribution in [2.45, 2.75) is 58.0 Å². The Balaban J connectivity index is 1.62. The zero-order valence-electron chi connectivity index (χ0n) is 17.1. The van der Waals surface area contributed by atoms with E-state index < -0.39 is 0 Å². The van der Waals surface area contributed by atoms with Gasteiger partial charge in [-0.3, -0.25) is 9.59 Å². The van der Waals surface area contributed by atoms with Crippen LogP contribution in [0.3, 0.4) is 0 Å². The van der Waals surface area contributed by atoms with Crippen molar-refractivity contribution in [2.24, 2.45) is 0 Å². The molecular weight excluding hydrogens is 360 g/mol. The first-order chi connectivity index (χ1) is 14.0. The van der Waals surface area contributed by atoms with E-state index in [0.717, 1.165) is 36.0 Å². The third-order valence-electron chi connectivity index (χ3n) is 5.11. The Hall–Kier alpha value is -3.06. The van der Waals surface area contributed by atoms with Crippen molar-refractivity contribution in [2.75, 3.05) is 0 Å². The lowest BCUT2D eigenvalue weighted by atomic mass is 10.0. The lowest BCUT2D eigenvalue weighted by Crippen LogP contribution is -2.32. The smallest absolute Gasteiger partial charge is 0.251 e. The van der Waals surface area contributed by atoms with E-state index in [-0.39, 0.29) is 17.9 Å². The summed E-state index contributed by atoms with van der Waals surface area (Å²) in [6.07, 6.45) is 5.32. The zero-order valence-corrected chi connectivity index (χ0v) is 17.1. The van der Waals surface area contributed by atoms with Gasteiger partial charge in [-0.15, -0.1) is 0 Å². The third-order valence-corrected chi connectivity index (χ3v) is 5.11. The minimum atomic E-state index is -0.0156. The van der Waals surface area contributed by atoms with Crippen molar-refractivity contribution in [1.82, 2.24) is 10.6 Å². The molecule has 0 heterocycles. The summed E-state index contributed by atoms with van der Waals surface area (Å²) in [6, 6.07) is 15.9. The summed E-state index contributed by atoms with van der Waals surface area (Å²) in [5.74, 6) is 6.28. The maximum atomic E-state index is 12.4. The molecule has 2 amide bonds. The molecule has 29 heavy (non-hydrogen) atoms. The Kier molecular flexibility index (Phi) is 7.08. The van der Waals surface area contributed by atoms with Crippen molar-refractivity contribution in [3.63, 3.8) is 0 Å². The van der Waals surface area contributed by atoms with Gasteiger partial charge >= 0.3 is 0 Å². The molecule has 1 unspecified atom stereocenters. The zero-order chi connectivity index (χ0) is 20.6. The molecule has 4 heteroatoms. The molecule has 1 aliphatic carbocycles. The van der Waals surface area contributed by atoms with Crippen LogP contribution in [0.2, 0.25) is 0 Å². The predicted molar refractivity (Wildman–Crippen MR) is 116 cm³/mol. The molecule has 0 bridgehead atoms. The number of hydrogen-bond acceptors (Lipinski definition) is 2. The Morgan fingerprint density at radius 3 is 2.41 bits per heavy atom. The molecule has 0 radical (unpaired) electrons. The largest absolute Gasteiger partial charge is 0.354 e. The van der Waals surface area contributed by atoms with Crippen molar-refractivity contribution in [3.05, 3.63) is 70.8 Å². The highest BCUT2D eigenvalue weighted by Crippen LogP contribution is 2.18. The molecule has 150 valence electrons. The van der Waals surface area contributed by atoms with Gasteiger partial charge in [-0.25, -0.2) is 0 Å². The van der Waals surface area contributed by atoms with Crippen LogP contribution in [-0.2, 0) is 11.2 Å². The third kappa shape index (κ3) is 6.50. The average Bonchev–Trinajstić information content (AvgIpc) is 3.20. The predicted octanol–water partition coefficient (Wildman–Crippen LogP) is 3.83. The van der Waals surface area contributed by atoms with Crippen LogP contribution in [0.5, 0.6) is 0 Å². The topological polar surface area (TPSA) is 58.2 Å². The summed E-state index contributed by atoms with van der Waals surface area (Å²) >= 11 is 0. The first-order valence-electron chi connectivity index (χ1n) is 10.3. The summed E-state index contributed by atoms with van der Waals surface area (Å²) in [7, 11) is 0. The molecule has 2 N–H and O–H groups in total. The molecule has 1 saturated carbocycles. The maximum Gasteiger partial charge on any atom is 0.251 e. The Labute approximate surface area is 173 Å². The van der Waals surface area contributed by atoms with Crippen LogP contribution >= 0.6 is 0 Å². The van der Waals surface area contributed by atoms with Crippen molar-refractivity contribution >= 4 is 11.8 Å². The highest BCUT2D eigenvalue weighted by atomic mass is 16.2. The first kappa shape index (κ1) is 20.7. The van der Waals surface area contributed by atoms with E-state index in [1.165, 1.54) is 19.8 Å². The van der Waals surface area contributed by atoms with Gasteiger partial charge in [0.15, 0.2) is 0 Å². The summed E-state index contributed by atoms with van der Waals surface area (Å²) in [6.45, 7) is 3.52. The molecule has 1 fully saturated rings. The number of carbonyl (C=O) groups excluding carboxylic acids is 2. The van der Waals surface area contributed by atoms with E-state index in [2.05, 4.69) is 22.5 Å². The fraction of sp³-hybridized carbons (Fsp3) is 0.360. The van der Waals surface area contributed by atoms with Crippen LogP contribution in [0.15, 0.2) is 48.5 Å². The van der Waals surface area contributed by atoms with Gasteiger partial charge < -0.3 is 10.6 Å². The molecule has 4 nitrogen and oxygen atoms in total. The van der Waals surface area contributed by atoms with E-state index in [1.807, 2.05) is 55.5 Å². The maximum absolute atomic E-state index is 12.4. The molecule has 2 aromatic carbocycles. The van der Waals surface area contributed by atoms with Crippen LogP contribution in [0.1, 0.15) is 66.6 Å². The van der Waals surface area contributed by atoms with Gasteiger partial charge in [0.2, 0.25) is 5.91 Å². The fourth-order valence-electron chi connectivity index (χ4n) is 3.70. The number of amides is 2. The average molecular weight is 389 g/mol. The summed E-state index contributed by atoms with van der Waals surface area (Å²) in [4.78, 5) is 23.6. The monoisotopic (exact) mass is 388 g/mol.